The Hall–Kier alpha value is -1.43. The summed E-state index contributed by atoms with van der Waals surface area (Å²) in [5.41, 5.74) is 7.94. The van der Waals surface area contributed by atoms with E-state index in [1.165, 1.54) is 11.1 Å². The molecule has 0 spiro atoms. The van der Waals surface area contributed by atoms with E-state index in [9.17, 15) is 9.90 Å². The molecule has 2 atom stereocenters. The zero-order valence-corrected chi connectivity index (χ0v) is 14.9. The first-order chi connectivity index (χ1) is 12.1. The molecule has 3 N–H and O–H groups in total. The third-order valence-electron chi connectivity index (χ3n) is 5.47. The van der Waals surface area contributed by atoms with Crippen molar-refractivity contribution < 1.29 is 14.6 Å². The molecule has 2 unspecified atom stereocenters. The number of benzene rings is 1. The molecule has 5 nitrogen and oxygen atoms in total. The molecule has 138 valence electrons. The maximum Gasteiger partial charge on any atom is 0.217 e. The number of hydrogen-bond donors (Lipinski definition) is 2. The summed E-state index contributed by atoms with van der Waals surface area (Å²) in [5, 5.41) is 10.4. The molecule has 1 aliphatic heterocycles. The summed E-state index contributed by atoms with van der Waals surface area (Å²) in [7, 11) is 0. The fourth-order valence-electron chi connectivity index (χ4n) is 4.12. The number of amides is 1. The number of nitrogens with zero attached hydrogens (tertiary/aromatic N) is 1. The van der Waals surface area contributed by atoms with Crippen LogP contribution in [0.5, 0.6) is 0 Å². The van der Waals surface area contributed by atoms with Crippen molar-refractivity contribution in [2.75, 3.05) is 26.2 Å². The first-order valence-electron chi connectivity index (χ1n) is 9.50. The van der Waals surface area contributed by atoms with Gasteiger partial charge in [0.05, 0.1) is 18.8 Å². The topological polar surface area (TPSA) is 75.8 Å². The predicted octanol–water partition coefficient (Wildman–Crippen LogP) is 2.03. The highest BCUT2D eigenvalue weighted by molar-refractivity contribution is 5.73. The van der Waals surface area contributed by atoms with E-state index in [-0.39, 0.29) is 12.0 Å². The molecular weight excluding hydrogens is 316 g/mol. The van der Waals surface area contributed by atoms with Crippen LogP contribution in [0.1, 0.15) is 49.3 Å². The lowest BCUT2D eigenvalue weighted by Crippen LogP contribution is -2.41. The average molecular weight is 346 g/mol. The Labute approximate surface area is 150 Å². The summed E-state index contributed by atoms with van der Waals surface area (Å²) in [5.74, 6) is 0.195. The fraction of sp³-hybridized carbons (Fsp3) is 0.650. The Bertz CT molecular complexity index is 570. The van der Waals surface area contributed by atoms with E-state index < -0.39 is 6.10 Å². The van der Waals surface area contributed by atoms with E-state index in [1.54, 1.807) is 0 Å². The van der Waals surface area contributed by atoms with Gasteiger partial charge in [0, 0.05) is 13.0 Å². The van der Waals surface area contributed by atoms with Crippen LogP contribution in [0.25, 0.3) is 0 Å². The highest BCUT2D eigenvalue weighted by Gasteiger charge is 2.24. The lowest BCUT2D eigenvalue weighted by atomic mass is 9.89. The van der Waals surface area contributed by atoms with Crippen molar-refractivity contribution in [3.63, 3.8) is 0 Å². The lowest BCUT2D eigenvalue weighted by molar-refractivity contribution is -0.119. The SMILES string of the molecule is NC(=O)CC1CCN(CC(O)COC2CCCc3ccccc32)CC1. The molecule has 0 aromatic heterocycles. The number of aryl methyl sites for hydroxylation is 1. The number of nitrogens with two attached hydrogens (primary N) is 1. The molecule has 0 bridgehead atoms. The molecule has 0 saturated carbocycles. The van der Waals surface area contributed by atoms with Gasteiger partial charge in [-0.1, -0.05) is 24.3 Å². The second kappa shape index (κ2) is 8.79. The van der Waals surface area contributed by atoms with Gasteiger partial charge in [-0.25, -0.2) is 0 Å². The Morgan fingerprint density at radius 1 is 1.28 bits per heavy atom. The van der Waals surface area contributed by atoms with Crippen LogP contribution in [0.4, 0.5) is 0 Å². The minimum absolute atomic E-state index is 0.112. The van der Waals surface area contributed by atoms with Gasteiger partial charge in [-0.15, -0.1) is 0 Å². The zero-order chi connectivity index (χ0) is 17.6. The molecule has 1 aromatic rings. The van der Waals surface area contributed by atoms with Crippen molar-refractivity contribution in [3.05, 3.63) is 35.4 Å². The van der Waals surface area contributed by atoms with Crippen LogP contribution in [-0.4, -0.2) is 48.3 Å². The smallest absolute Gasteiger partial charge is 0.217 e. The number of piperidine rings is 1. The van der Waals surface area contributed by atoms with Crippen molar-refractivity contribution in [3.8, 4) is 0 Å². The normalized spacial score (nSPS) is 23.2. The first kappa shape index (κ1) is 18.4. The fourth-order valence-corrected chi connectivity index (χ4v) is 4.12. The molecule has 2 aliphatic rings. The van der Waals surface area contributed by atoms with E-state index in [2.05, 4.69) is 29.2 Å². The zero-order valence-electron chi connectivity index (χ0n) is 14.9. The van der Waals surface area contributed by atoms with E-state index in [0.717, 1.165) is 45.2 Å². The number of aliphatic hydroxyl groups is 1. The summed E-state index contributed by atoms with van der Waals surface area (Å²) in [4.78, 5) is 13.3. The van der Waals surface area contributed by atoms with E-state index in [1.807, 2.05) is 0 Å². The number of β-amino-alcohol motifs (C(OH)–C–C–N with tert-alkyl or cyclic N) is 1. The minimum Gasteiger partial charge on any atom is -0.389 e. The van der Waals surface area contributed by atoms with Crippen LogP contribution in [0.2, 0.25) is 0 Å². The van der Waals surface area contributed by atoms with Gasteiger partial charge in [0.15, 0.2) is 0 Å². The molecule has 1 fully saturated rings. The number of aliphatic hydroxyl groups excluding tert-OH is 1. The second-order valence-corrected chi connectivity index (χ2v) is 7.48. The molecule has 1 aromatic carbocycles. The molecule has 1 amide bonds. The lowest BCUT2D eigenvalue weighted by Gasteiger charge is -2.33. The summed E-state index contributed by atoms with van der Waals surface area (Å²) >= 11 is 0. The number of fused-ring (bicyclic) bond motifs is 1. The monoisotopic (exact) mass is 346 g/mol. The molecule has 0 radical (unpaired) electrons. The number of carbonyl (C=O) groups excluding carboxylic acids is 1. The van der Waals surface area contributed by atoms with Crippen molar-refractivity contribution in [2.24, 2.45) is 11.7 Å². The van der Waals surface area contributed by atoms with Crippen molar-refractivity contribution >= 4 is 5.91 Å². The van der Waals surface area contributed by atoms with Crippen molar-refractivity contribution in [1.29, 1.82) is 0 Å². The van der Waals surface area contributed by atoms with Crippen LogP contribution in [-0.2, 0) is 16.0 Å². The van der Waals surface area contributed by atoms with E-state index in [0.29, 0.717) is 25.5 Å². The number of rotatable bonds is 7. The van der Waals surface area contributed by atoms with Gasteiger partial charge in [0.2, 0.25) is 5.91 Å². The standard InChI is InChI=1S/C20H30N2O3/c21-20(24)12-15-8-10-22(11-9-15)13-17(23)14-25-19-7-3-5-16-4-1-2-6-18(16)19/h1-2,4,6,15,17,19,23H,3,5,7-14H2,(H2,21,24). The highest BCUT2D eigenvalue weighted by atomic mass is 16.5. The Balaban J connectivity index is 1.41. The third-order valence-corrected chi connectivity index (χ3v) is 5.47. The van der Waals surface area contributed by atoms with Crippen LogP contribution < -0.4 is 5.73 Å². The van der Waals surface area contributed by atoms with Gasteiger partial charge < -0.3 is 20.5 Å². The van der Waals surface area contributed by atoms with Crippen molar-refractivity contribution in [1.82, 2.24) is 4.90 Å². The van der Waals surface area contributed by atoms with Gasteiger partial charge in [-0.05, 0) is 62.2 Å². The first-order valence-corrected chi connectivity index (χ1v) is 9.50. The van der Waals surface area contributed by atoms with Crippen LogP contribution in [0.3, 0.4) is 0 Å². The quantitative estimate of drug-likeness (QED) is 0.792. The number of carbonyl (C=O) groups is 1. The molecule has 1 aliphatic carbocycles. The summed E-state index contributed by atoms with van der Waals surface area (Å²) in [6.07, 6.45) is 5.38. The highest BCUT2D eigenvalue weighted by Crippen LogP contribution is 2.32. The Morgan fingerprint density at radius 2 is 2.04 bits per heavy atom. The molecular formula is C20H30N2O3. The largest absolute Gasteiger partial charge is 0.389 e. The summed E-state index contributed by atoms with van der Waals surface area (Å²) < 4.78 is 6.05. The minimum atomic E-state index is -0.471. The molecule has 25 heavy (non-hydrogen) atoms. The van der Waals surface area contributed by atoms with Gasteiger partial charge in [0.25, 0.3) is 0 Å². The van der Waals surface area contributed by atoms with Gasteiger partial charge >= 0.3 is 0 Å². The third kappa shape index (κ3) is 5.27. The van der Waals surface area contributed by atoms with Gasteiger partial charge in [0.1, 0.15) is 0 Å². The maximum absolute atomic E-state index is 11.0. The predicted molar refractivity (Wildman–Crippen MR) is 97.1 cm³/mol. The number of likely N-dealkylation sites (tertiary alicyclic amines) is 1. The van der Waals surface area contributed by atoms with Gasteiger partial charge in [-0.2, -0.15) is 0 Å². The second-order valence-electron chi connectivity index (χ2n) is 7.48. The molecule has 1 saturated heterocycles. The van der Waals surface area contributed by atoms with E-state index in [4.69, 9.17) is 10.5 Å². The number of hydrogen-bond acceptors (Lipinski definition) is 4. The summed E-state index contributed by atoms with van der Waals surface area (Å²) in [6, 6.07) is 8.47. The molecule has 3 rings (SSSR count). The molecule has 5 heteroatoms. The maximum atomic E-state index is 11.0. The van der Waals surface area contributed by atoms with Crippen LogP contribution >= 0.6 is 0 Å². The van der Waals surface area contributed by atoms with Crippen molar-refractivity contribution in [2.45, 2.75) is 50.7 Å². The van der Waals surface area contributed by atoms with Crippen LogP contribution in [0, 0.1) is 5.92 Å². The summed E-state index contributed by atoms with van der Waals surface area (Å²) in [6.45, 7) is 2.85. The van der Waals surface area contributed by atoms with Gasteiger partial charge in [-0.3, -0.25) is 4.79 Å². The van der Waals surface area contributed by atoms with E-state index >= 15 is 0 Å². The van der Waals surface area contributed by atoms with Crippen LogP contribution in [0.15, 0.2) is 24.3 Å². The number of ether oxygens (including phenoxy) is 1. The molecule has 1 heterocycles. The Kier molecular flexibility index (Phi) is 6.45. The Morgan fingerprint density at radius 3 is 2.80 bits per heavy atom. The number of primary amides is 1. The average Bonchev–Trinajstić information content (AvgIpc) is 2.61.